The topological polar surface area (TPSA) is 188 Å². The molecule has 5 amide bonds. The Bertz CT molecular complexity index is 1560. The Hall–Kier alpha value is -4.82. The molecule has 14 heteroatoms. The number of fused-ring (bicyclic) bond motifs is 1. The zero-order valence-corrected chi connectivity index (χ0v) is 27.8. The summed E-state index contributed by atoms with van der Waals surface area (Å²) in [6.45, 7) is 3.89. The highest BCUT2D eigenvalue weighted by molar-refractivity contribution is 7.09. The third-order valence-electron chi connectivity index (χ3n) is 7.55. The number of para-hydroxylation sites is 1. The van der Waals surface area contributed by atoms with Gasteiger partial charge in [-0.1, -0.05) is 42.5 Å². The van der Waals surface area contributed by atoms with Crippen molar-refractivity contribution in [3.63, 3.8) is 0 Å². The van der Waals surface area contributed by atoms with Crippen molar-refractivity contribution in [1.29, 1.82) is 0 Å². The molecule has 0 unspecified atom stereocenters. The lowest BCUT2D eigenvalue weighted by atomic mass is 10.0. The van der Waals surface area contributed by atoms with Gasteiger partial charge in [0.2, 0.25) is 23.6 Å². The molecule has 6 N–H and O–H groups in total. The molecule has 0 saturated carbocycles. The number of ether oxygens (including phenoxy) is 1. The summed E-state index contributed by atoms with van der Waals surface area (Å²) < 4.78 is 5.86. The maximum atomic E-state index is 13.4. The first-order chi connectivity index (χ1) is 23.1. The second-order valence-corrected chi connectivity index (χ2v) is 12.5. The fourth-order valence-corrected chi connectivity index (χ4v) is 5.87. The van der Waals surface area contributed by atoms with Crippen LogP contribution in [0.5, 0.6) is 5.75 Å². The van der Waals surface area contributed by atoms with Crippen LogP contribution in [0.4, 0.5) is 0 Å². The Balaban J connectivity index is 1.54. The van der Waals surface area contributed by atoms with Gasteiger partial charge in [-0.2, -0.15) is 0 Å². The van der Waals surface area contributed by atoms with E-state index in [1.807, 2.05) is 42.6 Å². The maximum Gasteiger partial charge on any atom is 0.255 e. The number of aromatic nitrogens is 1. The number of carbonyl (C=O) groups is 5. The van der Waals surface area contributed by atoms with E-state index < -0.39 is 60.2 Å². The molecule has 0 spiro atoms. The number of nitrogens with one attached hydrogen (secondary N) is 5. The minimum absolute atomic E-state index is 0.157. The normalized spacial score (nSPS) is 20.4. The average molecular weight is 679 g/mol. The van der Waals surface area contributed by atoms with Crippen molar-refractivity contribution in [2.24, 2.45) is 0 Å². The summed E-state index contributed by atoms with van der Waals surface area (Å²) in [5.41, 5.74) is 1.88. The van der Waals surface area contributed by atoms with Crippen molar-refractivity contribution in [1.82, 2.24) is 31.6 Å². The van der Waals surface area contributed by atoms with E-state index in [9.17, 15) is 29.1 Å². The van der Waals surface area contributed by atoms with Crippen molar-refractivity contribution in [2.75, 3.05) is 19.7 Å². The van der Waals surface area contributed by atoms with Gasteiger partial charge in [-0.3, -0.25) is 24.0 Å². The second-order valence-electron chi connectivity index (χ2n) is 11.5. The molecule has 2 heterocycles. The summed E-state index contributed by atoms with van der Waals surface area (Å²) in [6.07, 6.45) is -0.0817. The quantitative estimate of drug-likeness (QED) is 0.192. The standard InChI is InChI=1S/C34H42N6O7S/c1-21-20-48-29(37-21)14-8-15-35-33(45)26-19-28(42)40-30(22(2)41)34(46)39-25(18-23-10-4-3-5-11-23)32(44)36-16-9-17-47-27-13-7-6-12-24(27)31(43)38-26/h3-7,10-13,20,22,25-26,30,41H,8-9,14-19H2,1-2H3,(H,35,45)(H,36,44)(H,38,43)(H,39,46)(H,40,42)/t22-,25+,26+,30+/m1/s1. The molecule has 4 rings (SSSR count). The van der Waals surface area contributed by atoms with E-state index >= 15 is 0 Å². The number of thiazole rings is 1. The molecule has 0 radical (unpaired) electrons. The molecule has 3 aromatic rings. The van der Waals surface area contributed by atoms with Crippen molar-refractivity contribution in [2.45, 2.75) is 70.2 Å². The summed E-state index contributed by atoms with van der Waals surface area (Å²) in [5, 5.41) is 26.7. The van der Waals surface area contributed by atoms with Crippen molar-refractivity contribution in [3.8, 4) is 5.75 Å². The highest BCUT2D eigenvalue weighted by Crippen LogP contribution is 2.19. The number of carbonyl (C=O) groups excluding carboxylic acids is 5. The lowest BCUT2D eigenvalue weighted by molar-refractivity contribution is -0.135. The number of benzene rings is 2. The summed E-state index contributed by atoms with van der Waals surface area (Å²) >= 11 is 1.53. The Kier molecular flexibility index (Phi) is 13.4. The van der Waals surface area contributed by atoms with Crippen LogP contribution in [-0.4, -0.2) is 83.6 Å². The van der Waals surface area contributed by atoms with Crippen LogP contribution in [-0.2, 0) is 32.0 Å². The fraction of sp³-hybridized carbons (Fsp3) is 0.412. The number of rotatable bonds is 8. The van der Waals surface area contributed by atoms with E-state index in [1.54, 1.807) is 18.2 Å². The van der Waals surface area contributed by atoms with Crippen LogP contribution in [0.25, 0.3) is 0 Å². The van der Waals surface area contributed by atoms with Gasteiger partial charge < -0.3 is 36.4 Å². The highest BCUT2D eigenvalue weighted by Gasteiger charge is 2.32. The predicted octanol–water partition coefficient (Wildman–Crippen LogP) is 1.18. The number of aryl methyl sites for hydroxylation is 2. The van der Waals surface area contributed by atoms with Gasteiger partial charge in [0.25, 0.3) is 5.91 Å². The molecule has 13 nitrogen and oxygen atoms in total. The lowest BCUT2D eigenvalue weighted by Crippen LogP contribution is -2.58. The van der Waals surface area contributed by atoms with Crippen LogP contribution < -0.4 is 31.3 Å². The van der Waals surface area contributed by atoms with Gasteiger partial charge in [0.1, 0.15) is 23.9 Å². The second kappa shape index (κ2) is 17.9. The molecule has 1 aliphatic rings. The molecule has 0 fully saturated rings. The average Bonchev–Trinajstić information content (AvgIpc) is 3.49. The summed E-state index contributed by atoms with van der Waals surface area (Å²) in [4.78, 5) is 71.1. The zero-order valence-electron chi connectivity index (χ0n) is 27.0. The Labute approximate surface area is 283 Å². The van der Waals surface area contributed by atoms with Gasteiger partial charge in [0.15, 0.2) is 0 Å². The Morgan fingerprint density at radius 1 is 1.04 bits per heavy atom. The van der Waals surface area contributed by atoms with E-state index in [2.05, 4.69) is 31.6 Å². The van der Waals surface area contributed by atoms with Gasteiger partial charge in [0, 0.05) is 37.0 Å². The molecule has 1 aromatic heterocycles. The lowest BCUT2D eigenvalue weighted by Gasteiger charge is -2.26. The maximum absolute atomic E-state index is 13.4. The van der Waals surface area contributed by atoms with Crippen LogP contribution in [0.1, 0.15) is 52.8 Å². The number of hydrogen-bond acceptors (Lipinski definition) is 9. The van der Waals surface area contributed by atoms with E-state index in [0.717, 1.165) is 16.3 Å². The van der Waals surface area contributed by atoms with Crippen LogP contribution in [0.15, 0.2) is 60.0 Å². The third kappa shape index (κ3) is 10.9. The van der Waals surface area contributed by atoms with Gasteiger partial charge in [-0.25, -0.2) is 4.98 Å². The first-order valence-corrected chi connectivity index (χ1v) is 16.8. The summed E-state index contributed by atoms with van der Waals surface area (Å²) in [6, 6.07) is 11.8. The molecule has 4 atom stereocenters. The minimum atomic E-state index is -1.45. The number of nitrogens with zero attached hydrogens (tertiary/aromatic N) is 1. The molecule has 2 aromatic carbocycles. The van der Waals surface area contributed by atoms with E-state index in [0.29, 0.717) is 19.3 Å². The molecule has 48 heavy (non-hydrogen) atoms. The smallest absolute Gasteiger partial charge is 0.255 e. The number of aliphatic hydroxyl groups excluding tert-OH is 1. The van der Waals surface area contributed by atoms with Crippen LogP contribution in [0.2, 0.25) is 0 Å². The van der Waals surface area contributed by atoms with Gasteiger partial charge in [0.05, 0.1) is 29.7 Å². The fourth-order valence-electron chi connectivity index (χ4n) is 5.05. The van der Waals surface area contributed by atoms with Crippen molar-refractivity contribution >= 4 is 40.9 Å². The summed E-state index contributed by atoms with van der Waals surface area (Å²) in [7, 11) is 0. The van der Waals surface area contributed by atoms with Crippen molar-refractivity contribution in [3.05, 3.63) is 81.8 Å². The van der Waals surface area contributed by atoms with E-state index in [-0.39, 0.29) is 37.4 Å². The monoisotopic (exact) mass is 678 g/mol. The molecule has 0 aliphatic carbocycles. The van der Waals surface area contributed by atoms with Crippen LogP contribution in [0.3, 0.4) is 0 Å². The van der Waals surface area contributed by atoms with Gasteiger partial charge >= 0.3 is 0 Å². The largest absolute Gasteiger partial charge is 0.493 e. The van der Waals surface area contributed by atoms with E-state index in [4.69, 9.17) is 4.74 Å². The molecule has 1 aliphatic heterocycles. The van der Waals surface area contributed by atoms with E-state index in [1.165, 1.54) is 24.3 Å². The molecule has 0 bridgehead atoms. The Morgan fingerprint density at radius 2 is 1.79 bits per heavy atom. The molecular weight excluding hydrogens is 636 g/mol. The number of hydrogen-bond donors (Lipinski definition) is 6. The van der Waals surface area contributed by atoms with Crippen LogP contribution >= 0.6 is 11.3 Å². The van der Waals surface area contributed by atoms with Gasteiger partial charge in [-0.05, 0) is 44.4 Å². The summed E-state index contributed by atoms with van der Waals surface area (Å²) in [5.74, 6) is -2.97. The first kappa shape index (κ1) is 36.0. The number of aliphatic hydroxyl groups is 1. The third-order valence-corrected chi connectivity index (χ3v) is 8.58. The SMILES string of the molecule is Cc1csc(CCCNC(=O)[C@@H]2CC(=O)N[C@@H]([C@@H](C)O)C(=O)N[C@@H](Cc3ccccc3)C(=O)NCCCOc3ccccc3C(=O)N2)n1. The highest BCUT2D eigenvalue weighted by atomic mass is 32.1. The molecule has 256 valence electrons. The Morgan fingerprint density at radius 3 is 2.52 bits per heavy atom. The number of amides is 5. The predicted molar refractivity (Wildman–Crippen MR) is 179 cm³/mol. The van der Waals surface area contributed by atoms with Crippen LogP contribution in [0, 0.1) is 6.92 Å². The minimum Gasteiger partial charge on any atom is -0.493 e. The van der Waals surface area contributed by atoms with Crippen molar-refractivity contribution < 1.29 is 33.8 Å². The first-order valence-electron chi connectivity index (χ1n) is 15.9. The molecule has 0 saturated heterocycles. The zero-order chi connectivity index (χ0) is 34.5. The molecular formula is C34H42N6O7S. The van der Waals surface area contributed by atoms with Gasteiger partial charge in [-0.15, -0.1) is 11.3 Å².